The maximum atomic E-state index is 14.1. The lowest BCUT2D eigenvalue weighted by Crippen LogP contribution is -2.24. The molecule has 2 aliphatic carbocycles. The monoisotopic (exact) mass is 454 g/mol. The van der Waals surface area contributed by atoms with Crippen LogP contribution in [0.25, 0.3) is 5.57 Å². The molecule has 3 aliphatic rings. The summed E-state index contributed by atoms with van der Waals surface area (Å²) in [6, 6.07) is 29.5. The number of ether oxygens (including phenoxy) is 1. The highest BCUT2D eigenvalue weighted by Gasteiger charge is 2.49. The lowest BCUT2D eigenvalue weighted by atomic mass is 9.73. The molecule has 0 amide bonds. The number of carbonyl (C=O) groups is 3. The number of hydrogen-bond acceptors (Lipinski definition) is 4. The molecule has 7 rings (SSSR count). The first-order chi connectivity index (χ1) is 17.1. The van der Waals surface area contributed by atoms with E-state index in [9.17, 15) is 14.4 Å². The number of rotatable bonds is 1. The Morgan fingerprint density at radius 2 is 0.943 bits per heavy atom. The largest absolute Gasteiger partial charge is 0.457 e. The van der Waals surface area contributed by atoms with Gasteiger partial charge < -0.3 is 4.74 Å². The molecule has 4 nitrogen and oxygen atoms in total. The summed E-state index contributed by atoms with van der Waals surface area (Å²) >= 11 is 0. The lowest BCUT2D eigenvalue weighted by molar-refractivity contribution is 0.0949. The van der Waals surface area contributed by atoms with Gasteiger partial charge in [-0.3, -0.25) is 14.4 Å². The molecule has 0 saturated heterocycles. The van der Waals surface area contributed by atoms with E-state index in [2.05, 4.69) is 0 Å². The highest BCUT2D eigenvalue weighted by molar-refractivity contribution is 6.43. The third-order valence-electron chi connectivity index (χ3n) is 7.28. The average molecular weight is 454 g/mol. The Labute approximate surface area is 201 Å². The van der Waals surface area contributed by atoms with Crippen LogP contribution in [-0.4, -0.2) is 17.3 Å². The maximum Gasteiger partial charge on any atom is 0.198 e. The van der Waals surface area contributed by atoms with Gasteiger partial charge in [-0.15, -0.1) is 0 Å². The van der Waals surface area contributed by atoms with Gasteiger partial charge in [-0.05, 0) is 23.3 Å². The number of benzene rings is 4. The number of ketones is 3. The molecular formula is C31H18O4. The van der Waals surface area contributed by atoms with Gasteiger partial charge in [0.2, 0.25) is 0 Å². The van der Waals surface area contributed by atoms with E-state index in [-0.39, 0.29) is 22.9 Å². The molecule has 4 aromatic carbocycles. The van der Waals surface area contributed by atoms with E-state index < -0.39 is 11.8 Å². The number of hydrogen-bond donors (Lipinski definition) is 0. The molecule has 1 heterocycles. The minimum atomic E-state index is -0.726. The normalized spacial score (nSPS) is 18.2. The minimum absolute atomic E-state index is 0.0869. The van der Waals surface area contributed by atoms with Crippen molar-refractivity contribution in [2.24, 2.45) is 5.92 Å². The Bertz CT molecular complexity index is 1560. The van der Waals surface area contributed by atoms with E-state index >= 15 is 0 Å². The number of allylic oxidation sites excluding steroid dienone is 2. The second-order valence-corrected chi connectivity index (χ2v) is 9.04. The molecule has 4 aromatic rings. The molecule has 1 aliphatic heterocycles. The molecule has 0 saturated carbocycles. The molecule has 1 atom stereocenters. The number of Topliss-reactive ketones (excluding diaryl/α,β-unsaturated/α-hetero) is 3. The molecule has 4 heteroatoms. The summed E-state index contributed by atoms with van der Waals surface area (Å²) in [7, 11) is 0. The van der Waals surface area contributed by atoms with Gasteiger partial charge in [0.05, 0.1) is 11.5 Å². The zero-order valence-corrected chi connectivity index (χ0v) is 18.5. The van der Waals surface area contributed by atoms with Crippen LogP contribution in [0.3, 0.4) is 0 Å². The van der Waals surface area contributed by atoms with Crippen LogP contribution in [0.1, 0.15) is 53.7 Å². The van der Waals surface area contributed by atoms with Gasteiger partial charge in [0.1, 0.15) is 11.5 Å². The summed E-state index contributed by atoms with van der Waals surface area (Å²) in [5, 5.41) is 0. The van der Waals surface area contributed by atoms with Gasteiger partial charge in [-0.2, -0.15) is 0 Å². The van der Waals surface area contributed by atoms with E-state index in [0.29, 0.717) is 39.3 Å². The Balaban J connectivity index is 1.54. The van der Waals surface area contributed by atoms with Crippen molar-refractivity contribution >= 4 is 22.9 Å². The van der Waals surface area contributed by atoms with Crippen LogP contribution < -0.4 is 4.74 Å². The van der Waals surface area contributed by atoms with E-state index in [0.717, 1.165) is 11.1 Å². The molecule has 166 valence electrons. The van der Waals surface area contributed by atoms with Crippen LogP contribution in [0, 0.1) is 5.92 Å². The summed E-state index contributed by atoms with van der Waals surface area (Å²) in [6.07, 6.45) is 0. The van der Waals surface area contributed by atoms with Crippen molar-refractivity contribution < 1.29 is 19.1 Å². The predicted molar refractivity (Wildman–Crippen MR) is 131 cm³/mol. The first-order valence-electron chi connectivity index (χ1n) is 11.6. The molecule has 35 heavy (non-hydrogen) atoms. The predicted octanol–water partition coefficient (Wildman–Crippen LogP) is 6.27. The van der Waals surface area contributed by atoms with Gasteiger partial charge >= 0.3 is 0 Å². The first-order valence-corrected chi connectivity index (χ1v) is 11.6. The maximum absolute atomic E-state index is 14.1. The van der Waals surface area contributed by atoms with E-state index in [4.69, 9.17) is 4.74 Å². The first kappa shape index (κ1) is 19.9. The van der Waals surface area contributed by atoms with Crippen molar-refractivity contribution in [2.45, 2.75) is 5.92 Å². The average Bonchev–Trinajstić information content (AvgIpc) is 3.32. The third kappa shape index (κ3) is 2.65. The highest BCUT2D eigenvalue weighted by Crippen LogP contribution is 2.55. The van der Waals surface area contributed by atoms with Crippen LogP contribution in [-0.2, 0) is 0 Å². The Morgan fingerprint density at radius 3 is 1.51 bits per heavy atom. The van der Waals surface area contributed by atoms with Crippen LogP contribution in [0.5, 0.6) is 11.5 Å². The summed E-state index contributed by atoms with van der Waals surface area (Å²) in [5.74, 6) is -0.490. The Kier molecular flexibility index (Phi) is 4.09. The smallest absolute Gasteiger partial charge is 0.198 e. The highest BCUT2D eigenvalue weighted by atomic mass is 16.5. The van der Waals surface area contributed by atoms with Gasteiger partial charge in [-0.25, -0.2) is 0 Å². The number of carbonyl (C=O) groups excluding carboxylic acids is 3. The summed E-state index contributed by atoms with van der Waals surface area (Å²) in [4.78, 5) is 41.3. The molecule has 0 radical (unpaired) electrons. The molecule has 0 bridgehead atoms. The number of fused-ring (bicyclic) bond motifs is 4. The third-order valence-corrected chi connectivity index (χ3v) is 7.28. The fourth-order valence-electron chi connectivity index (χ4n) is 5.81. The standard InChI is InChI=1S/C31H18O4/c32-29-18-10-2-1-9-17(18)26(28-30(33)19-11-3-4-12-20(19)31(28)34)27(29)25-21-13-5-7-15-23(21)35-24-16-8-6-14-22(24)25/h1-16,25,27H. The van der Waals surface area contributed by atoms with Crippen molar-refractivity contribution in [3.05, 3.63) is 136 Å². The van der Waals surface area contributed by atoms with Crippen molar-refractivity contribution in [2.75, 3.05) is 0 Å². The summed E-state index contributed by atoms with van der Waals surface area (Å²) in [6.45, 7) is 0. The fourth-order valence-corrected chi connectivity index (χ4v) is 5.81. The van der Waals surface area contributed by atoms with Crippen molar-refractivity contribution in [1.29, 1.82) is 0 Å². The second kappa shape index (κ2) is 7.21. The molecule has 0 N–H and O–H groups in total. The van der Waals surface area contributed by atoms with Gasteiger partial charge in [-0.1, -0.05) is 84.9 Å². The number of para-hydroxylation sites is 2. The minimum Gasteiger partial charge on any atom is -0.457 e. The van der Waals surface area contributed by atoms with Gasteiger partial charge in [0.25, 0.3) is 0 Å². The van der Waals surface area contributed by atoms with Crippen LogP contribution in [0.2, 0.25) is 0 Å². The van der Waals surface area contributed by atoms with E-state index in [1.807, 2.05) is 66.7 Å². The molecular weight excluding hydrogens is 436 g/mol. The topological polar surface area (TPSA) is 60.4 Å². The Hall–Kier alpha value is -4.57. The van der Waals surface area contributed by atoms with Crippen LogP contribution in [0.15, 0.2) is 103 Å². The molecule has 0 fully saturated rings. The van der Waals surface area contributed by atoms with Crippen LogP contribution >= 0.6 is 0 Å². The Morgan fingerprint density at radius 1 is 0.486 bits per heavy atom. The quantitative estimate of drug-likeness (QED) is 0.251. The van der Waals surface area contributed by atoms with Crippen LogP contribution in [0.4, 0.5) is 0 Å². The molecule has 0 aromatic heterocycles. The molecule has 0 spiro atoms. The van der Waals surface area contributed by atoms with Gasteiger partial charge in [0.15, 0.2) is 17.3 Å². The lowest BCUT2D eigenvalue weighted by Gasteiger charge is -2.32. The second-order valence-electron chi connectivity index (χ2n) is 9.04. The van der Waals surface area contributed by atoms with Crippen molar-refractivity contribution in [3.63, 3.8) is 0 Å². The zero-order valence-electron chi connectivity index (χ0n) is 18.5. The van der Waals surface area contributed by atoms with Crippen molar-refractivity contribution in [3.8, 4) is 11.5 Å². The fraction of sp³-hybridized carbons (Fsp3) is 0.0645. The van der Waals surface area contributed by atoms with E-state index in [1.54, 1.807) is 30.3 Å². The van der Waals surface area contributed by atoms with E-state index in [1.165, 1.54) is 0 Å². The summed E-state index contributed by atoms with van der Waals surface area (Å²) in [5.41, 5.74) is 4.35. The zero-order chi connectivity index (χ0) is 23.7. The van der Waals surface area contributed by atoms with Crippen molar-refractivity contribution in [1.82, 2.24) is 0 Å². The SMILES string of the molecule is O=C1C(=C2c3ccccc3C(=O)C2C2c3ccccc3Oc3ccccc32)C(=O)c2ccccc21. The molecule has 1 unspecified atom stereocenters. The summed E-state index contributed by atoms with van der Waals surface area (Å²) < 4.78 is 6.17. The van der Waals surface area contributed by atoms with Gasteiger partial charge in [0, 0.05) is 33.7 Å².